The second kappa shape index (κ2) is 6.72. The van der Waals surface area contributed by atoms with E-state index < -0.39 is 6.10 Å². The van der Waals surface area contributed by atoms with Crippen LogP contribution in [0.4, 0.5) is 5.69 Å². The predicted molar refractivity (Wildman–Crippen MR) is 77.7 cm³/mol. The van der Waals surface area contributed by atoms with E-state index in [1.807, 2.05) is 36.1 Å². The van der Waals surface area contributed by atoms with Crippen molar-refractivity contribution in [2.75, 3.05) is 31.7 Å². The summed E-state index contributed by atoms with van der Waals surface area (Å²) in [6.45, 7) is 3.40. The fraction of sp³-hybridized carbons (Fsp3) is 0.533. The third kappa shape index (κ3) is 3.49. The molecule has 1 aromatic rings. The molecule has 0 saturated heterocycles. The Kier molecular flexibility index (Phi) is 4.98. The van der Waals surface area contributed by atoms with Crippen LogP contribution in [0.1, 0.15) is 25.0 Å². The number of aliphatic hydroxyl groups is 1. The Morgan fingerprint density at radius 2 is 2.30 bits per heavy atom. The SMILES string of the molecule is COCC(C)NC(=O)CN1CCC(O)c2ccccc21. The Hall–Kier alpha value is -1.59. The van der Waals surface area contributed by atoms with Crippen LogP contribution >= 0.6 is 0 Å². The predicted octanol–water partition coefficient (Wildman–Crippen LogP) is 1.08. The summed E-state index contributed by atoms with van der Waals surface area (Å²) in [7, 11) is 1.62. The summed E-state index contributed by atoms with van der Waals surface area (Å²) in [4.78, 5) is 14.0. The molecule has 1 aliphatic heterocycles. The molecule has 5 nitrogen and oxygen atoms in total. The van der Waals surface area contributed by atoms with Crippen molar-refractivity contribution >= 4 is 11.6 Å². The van der Waals surface area contributed by atoms with Gasteiger partial charge in [-0.2, -0.15) is 0 Å². The molecule has 0 aromatic heterocycles. The standard InChI is InChI=1S/C15H22N2O3/c1-11(10-20-2)16-15(19)9-17-8-7-14(18)12-5-3-4-6-13(12)17/h3-6,11,14,18H,7-10H2,1-2H3,(H,16,19). The van der Waals surface area contributed by atoms with E-state index in [-0.39, 0.29) is 11.9 Å². The average Bonchev–Trinajstić information content (AvgIpc) is 2.42. The van der Waals surface area contributed by atoms with Gasteiger partial charge in [-0.1, -0.05) is 18.2 Å². The minimum Gasteiger partial charge on any atom is -0.388 e. The zero-order valence-electron chi connectivity index (χ0n) is 12.0. The van der Waals surface area contributed by atoms with Crippen molar-refractivity contribution in [3.05, 3.63) is 29.8 Å². The fourth-order valence-corrected chi connectivity index (χ4v) is 2.56. The molecular formula is C15H22N2O3. The van der Waals surface area contributed by atoms with Crippen molar-refractivity contribution in [1.82, 2.24) is 5.32 Å². The summed E-state index contributed by atoms with van der Waals surface area (Å²) >= 11 is 0. The lowest BCUT2D eigenvalue weighted by Crippen LogP contribution is -2.44. The molecule has 5 heteroatoms. The average molecular weight is 278 g/mol. The largest absolute Gasteiger partial charge is 0.388 e. The molecular weight excluding hydrogens is 256 g/mol. The number of carbonyl (C=O) groups is 1. The number of para-hydroxylation sites is 1. The lowest BCUT2D eigenvalue weighted by Gasteiger charge is -2.33. The van der Waals surface area contributed by atoms with Crippen LogP contribution in [0.15, 0.2) is 24.3 Å². The minimum atomic E-state index is -0.432. The highest BCUT2D eigenvalue weighted by atomic mass is 16.5. The van der Waals surface area contributed by atoms with Gasteiger partial charge in [0, 0.05) is 30.9 Å². The molecule has 0 spiro atoms. The summed E-state index contributed by atoms with van der Waals surface area (Å²) in [6, 6.07) is 7.70. The number of rotatable bonds is 5. The summed E-state index contributed by atoms with van der Waals surface area (Å²) in [5.41, 5.74) is 1.84. The first-order chi connectivity index (χ1) is 9.61. The number of benzene rings is 1. The van der Waals surface area contributed by atoms with Crippen LogP contribution in [0, 0.1) is 0 Å². The molecule has 2 rings (SSSR count). The zero-order valence-corrected chi connectivity index (χ0v) is 12.0. The second-order valence-corrected chi connectivity index (χ2v) is 5.21. The number of amides is 1. The van der Waals surface area contributed by atoms with E-state index in [1.165, 1.54) is 0 Å². The maximum absolute atomic E-state index is 12.0. The maximum atomic E-state index is 12.0. The lowest BCUT2D eigenvalue weighted by molar-refractivity contribution is -0.120. The molecule has 0 aliphatic carbocycles. The van der Waals surface area contributed by atoms with E-state index in [0.717, 1.165) is 11.3 Å². The number of aliphatic hydroxyl groups excluding tert-OH is 1. The van der Waals surface area contributed by atoms with Crippen LogP contribution in [0.3, 0.4) is 0 Å². The molecule has 2 N–H and O–H groups in total. The second-order valence-electron chi connectivity index (χ2n) is 5.21. The first-order valence-corrected chi connectivity index (χ1v) is 6.92. The minimum absolute atomic E-state index is 0.00174. The van der Waals surface area contributed by atoms with Crippen molar-refractivity contribution in [3.8, 4) is 0 Å². The molecule has 1 aromatic carbocycles. The van der Waals surface area contributed by atoms with Crippen LogP contribution in [-0.4, -0.2) is 43.9 Å². The third-order valence-electron chi connectivity index (χ3n) is 3.47. The normalized spacial score (nSPS) is 19.4. The number of methoxy groups -OCH3 is 1. The van der Waals surface area contributed by atoms with Crippen LogP contribution in [0.25, 0.3) is 0 Å². The monoisotopic (exact) mass is 278 g/mol. The quantitative estimate of drug-likeness (QED) is 0.846. The molecule has 1 heterocycles. The molecule has 2 atom stereocenters. The van der Waals surface area contributed by atoms with Crippen molar-refractivity contribution < 1.29 is 14.6 Å². The van der Waals surface area contributed by atoms with E-state index >= 15 is 0 Å². The zero-order chi connectivity index (χ0) is 14.5. The number of fused-ring (bicyclic) bond motifs is 1. The van der Waals surface area contributed by atoms with Gasteiger partial charge in [0.1, 0.15) is 0 Å². The van der Waals surface area contributed by atoms with Gasteiger partial charge in [0.2, 0.25) is 5.91 Å². The molecule has 0 fully saturated rings. The first-order valence-electron chi connectivity index (χ1n) is 6.92. The molecule has 0 radical (unpaired) electrons. The van der Waals surface area contributed by atoms with E-state index in [0.29, 0.717) is 26.1 Å². The molecule has 1 amide bonds. The summed E-state index contributed by atoms with van der Waals surface area (Å²) < 4.78 is 5.00. The van der Waals surface area contributed by atoms with E-state index in [9.17, 15) is 9.90 Å². The van der Waals surface area contributed by atoms with Gasteiger partial charge >= 0.3 is 0 Å². The third-order valence-corrected chi connectivity index (χ3v) is 3.47. The van der Waals surface area contributed by atoms with Gasteiger partial charge in [0.15, 0.2) is 0 Å². The Morgan fingerprint density at radius 1 is 1.55 bits per heavy atom. The van der Waals surface area contributed by atoms with Gasteiger partial charge < -0.3 is 20.1 Å². The van der Waals surface area contributed by atoms with Crippen LogP contribution in [-0.2, 0) is 9.53 Å². The first kappa shape index (κ1) is 14.8. The van der Waals surface area contributed by atoms with Gasteiger partial charge in [0.05, 0.1) is 19.3 Å². The van der Waals surface area contributed by atoms with Crippen molar-refractivity contribution in [2.45, 2.75) is 25.5 Å². The molecule has 2 unspecified atom stereocenters. The van der Waals surface area contributed by atoms with E-state index in [2.05, 4.69) is 5.32 Å². The topological polar surface area (TPSA) is 61.8 Å². The van der Waals surface area contributed by atoms with Crippen LogP contribution < -0.4 is 10.2 Å². The molecule has 1 aliphatic rings. The van der Waals surface area contributed by atoms with Gasteiger partial charge in [-0.05, 0) is 19.4 Å². The van der Waals surface area contributed by atoms with Crippen molar-refractivity contribution in [2.24, 2.45) is 0 Å². The number of ether oxygens (including phenoxy) is 1. The van der Waals surface area contributed by atoms with Gasteiger partial charge in [0.25, 0.3) is 0 Å². The molecule has 20 heavy (non-hydrogen) atoms. The highest BCUT2D eigenvalue weighted by molar-refractivity contribution is 5.82. The Bertz CT molecular complexity index is 464. The smallest absolute Gasteiger partial charge is 0.239 e. The van der Waals surface area contributed by atoms with Gasteiger partial charge in [-0.25, -0.2) is 0 Å². The number of nitrogens with one attached hydrogen (secondary N) is 1. The summed E-state index contributed by atoms with van der Waals surface area (Å²) in [5, 5.41) is 12.9. The van der Waals surface area contributed by atoms with E-state index in [4.69, 9.17) is 4.74 Å². The Morgan fingerprint density at radius 3 is 3.05 bits per heavy atom. The number of hydrogen-bond acceptors (Lipinski definition) is 4. The Balaban J connectivity index is 2.00. The molecule has 110 valence electrons. The van der Waals surface area contributed by atoms with Gasteiger partial charge in [-0.15, -0.1) is 0 Å². The van der Waals surface area contributed by atoms with Gasteiger partial charge in [-0.3, -0.25) is 4.79 Å². The Labute approximate surface area is 119 Å². The highest BCUT2D eigenvalue weighted by Gasteiger charge is 2.24. The summed E-state index contributed by atoms with van der Waals surface area (Å²) in [5.74, 6) is -0.0271. The van der Waals surface area contributed by atoms with Crippen LogP contribution in [0.5, 0.6) is 0 Å². The van der Waals surface area contributed by atoms with Crippen molar-refractivity contribution in [3.63, 3.8) is 0 Å². The number of hydrogen-bond donors (Lipinski definition) is 2. The maximum Gasteiger partial charge on any atom is 0.239 e. The summed E-state index contributed by atoms with van der Waals surface area (Å²) in [6.07, 6.45) is 0.218. The number of carbonyl (C=O) groups excluding carboxylic acids is 1. The van der Waals surface area contributed by atoms with Crippen molar-refractivity contribution in [1.29, 1.82) is 0 Å². The lowest BCUT2D eigenvalue weighted by atomic mass is 9.99. The number of nitrogens with zero attached hydrogens (tertiary/aromatic N) is 1. The fourth-order valence-electron chi connectivity index (χ4n) is 2.56. The molecule has 0 saturated carbocycles. The number of anilines is 1. The van der Waals surface area contributed by atoms with E-state index in [1.54, 1.807) is 7.11 Å². The molecule has 0 bridgehead atoms. The van der Waals surface area contributed by atoms with Crippen LogP contribution in [0.2, 0.25) is 0 Å². The highest BCUT2D eigenvalue weighted by Crippen LogP contribution is 2.32.